The summed E-state index contributed by atoms with van der Waals surface area (Å²) in [7, 11) is 1.76. The van der Waals surface area contributed by atoms with Crippen LogP contribution in [0.3, 0.4) is 0 Å². The normalized spacial score (nSPS) is 10.3. The first-order valence-corrected chi connectivity index (χ1v) is 6.72. The van der Waals surface area contributed by atoms with Gasteiger partial charge in [-0.1, -0.05) is 35.9 Å². The topological polar surface area (TPSA) is 46.3 Å². The van der Waals surface area contributed by atoms with Crippen LogP contribution in [0.2, 0.25) is 5.02 Å². The minimum atomic E-state index is -0.0618. The van der Waals surface area contributed by atoms with E-state index in [0.717, 1.165) is 11.1 Å². The molecule has 0 saturated heterocycles. The van der Waals surface area contributed by atoms with Gasteiger partial charge in [0.2, 0.25) is 0 Å². The average molecular weight is 289 g/mol. The van der Waals surface area contributed by atoms with Crippen molar-refractivity contribution >= 4 is 23.2 Å². The van der Waals surface area contributed by atoms with Crippen LogP contribution in [0, 0.1) is 6.92 Å². The summed E-state index contributed by atoms with van der Waals surface area (Å²) >= 11 is 6.06. The highest BCUT2D eigenvalue weighted by molar-refractivity contribution is 6.31. The molecule has 2 aromatic carbocycles. The van der Waals surface area contributed by atoms with E-state index in [0.29, 0.717) is 22.8 Å². The third kappa shape index (κ3) is 2.94. The Hall–Kier alpha value is -2.00. The first-order valence-electron chi connectivity index (χ1n) is 6.34. The molecule has 2 N–H and O–H groups in total. The Morgan fingerprint density at radius 2 is 1.90 bits per heavy atom. The van der Waals surface area contributed by atoms with Crippen LogP contribution in [0.1, 0.15) is 21.5 Å². The highest BCUT2D eigenvalue weighted by Gasteiger charge is 2.16. The average Bonchev–Trinajstić information content (AvgIpc) is 2.43. The van der Waals surface area contributed by atoms with Crippen molar-refractivity contribution in [3.63, 3.8) is 0 Å². The van der Waals surface area contributed by atoms with Crippen molar-refractivity contribution in [2.75, 3.05) is 12.8 Å². The number of carbonyl (C=O) groups is 1. The molecule has 0 bridgehead atoms. The fraction of sp³-hybridized carbons (Fsp3) is 0.188. The minimum Gasteiger partial charge on any atom is -0.398 e. The van der Waals surface area contributed by atoms with Crippen LogP contribution >= 0.6 is 11.6 Å². The molecule has 0 aliphatic rings. The number of para-hydroxylation sites is 1. The highest BCUT2D eigenvalue weighted by Crippen LogP contribution is 2.21. The molecule has 0 aliphatic heterocycles. The molecule has 20 heavy (non-hydrogen) atoms. The molecule has 2 aromatic rings. The third-order valence-electron chi connectivity index (χ3n) is 3.31. The molecule has 2 rings (SSSR count). The van der Waals surface area contributed by atoms with Crippen LogP contribution in [-0.4, -0.2) is 17.9 Å². The summed E-state index contributed by atoms with van der Waals surface area (Å²) in [5.41, 5.74) is 8.94. The van der Waals surface area contributed by atoms with Crippen molar-refractivity contribution in [3.8, 4) is 0 Å². The molecule has 0 aromatic heterocycles. The van der Waals surface area contributed by atoms with Crippen LogP contribution in [0.5, 0.6) is 0 Å². The van der Waals surface area contributed by atoms with E-state index in [1.165, 1.54) is 0 Å². The van der Waals surface area contributed by atoms with E-state index in [1.54, 1.807) is 30.1 Å². The van der Waals surface area contributed by atoms with Crippen LogP contribution in [0.25, 0.3) is 0 Å². The minimum absolute atomic E-state index is 0.0618. The van der Waals surface area contributed by atoms with Crippen molar-refractivity contribution in [1.29, 1.82) is 0 Å². The fourth-order valence-corrected chi connectivity index (χ4v) is 2.22. The SMILES string of the molecule is Cc1c(Cl)cccc1C(=O)N(C)Cc1ccccc1N. The lowest BCUT2D eigenvalue weighted by Gasteiger charge is -2.19. The summed E-state index contributed by atoms with van der Waals surface area (Å²) < 4.78 is 0. The van der Waals surface area contributed by atoms with Gasteiger partial charge in [0, 0.05) is 29.9 Å². The molecule has 0 atom stereocenters. The van der Waals surface area contributed by atoms with Crippen LogP contribution in [-0.2, 0) is 6.54 Å². The molecule has 3 nitrogen and oxygen atoms in total. The van der Waals surface area contributed by atoms with Gasteiger partial charge < -0.3 is 10.6 Å². The molecule has 1 amide bonds. The van der Waals surface area contributed by atoms with Gasteiger partial charge in [-0.3, -0.25) is 4.79 Å². The van der Waals surface area contributed by atoms with Crippen molar-refractivity contribution in [2.24, 2.45) is 0 Å². The molecule has 0 aliphatic carbocycles. The maximum Gasteiger partial charge on any atom is 0.254 e. The van der Waals surface area contributed by atoms with Crippen molar-refractivity contribution < 1.29 is 4.79 Å². The van der Waals surface area contributed by atoms with E-state index in [4.69, 9.17) is 17.3 Å². The van der Waals surface area contributed by atoms with Gasteiger partial charge in [-0.2, -0.15) is 0 Å². The first kappa shape index (κ1) is 14.4. The van der Waals surface area contributed by atoms with E-state index < -0.39 is 0 Å². The number of carbonyl (C=O) groups excluding carboxylic acids is 1. The second-order valence-corrected chi connectivity index (χ2v) is 5.18. The number of benzene rings is 2. The van der Waals surface area contributed by atoms with Crippen LogP contribution in [0.4, 0.5) is 5.69 Å². The summed E-state index contributed by atoms with van der Waals surface area (Å²) in [6.45, 7) is 2.32. The molecular weight excluding hydrogens is 272 g/mol. The maximum atomic E-state index is 12.5. The fourth-order valence-electron chi connectivity index (χ4n) is 2.05. The Bertz CT molecular complexity index is 640. The largest absolute Gasteiger partial charge is 0.398 e. The molecular formula is C16H17ClN2O. The number of nitrogens with zero attached hydrogens (tertiary/aromatic N) is 1. The van der Waals surface area contributed by atoms with Gasteiger partial charge in [0.05, 0.1) is 0 Å². The summed E-state index contributed by atoms with van der Waals surface area (Å²) in [5, 5.41) is 0.600. The predicted octanol–water partition coefficient (Wildman–Crippen LogP) is 3.50. The van der Waals surface area contributed by atoms with E-state index in [1.807, 2.05) is 31.2 Å². The summed E-state index contributed by atoms with van der Waals surface area (Å²) in [5.74, 6) is -0.0618. The van der Waals surface area contributed by atoms with Crippen molar-refractivity contribution in [2.45, 2.75) is 13.5 Å². The lowest BCUT2D eigenvalue weighted by Crippen LogP contribution is -2.27. The smallest absolute Gasteiger partial charge is 0.254 e. The van der Waals surface area contributed by atoms with Crippen molar-refractivity contribution in [1.82, 2.24) is 4.90 Å². The molecule has 0 unspecified atom stereocenters. The van der Waals surface area contributed by atoms with E-state index in [-0.39, 0.29) is 5.91 Å². The molecule has 0 radical (unpaired) electrons. The number of hydrogen-bond acceptors (Lipinski definition) is 2. The van der Waals surface area contributed by atoms with Gasteiger partial charge in [0.25, 0.3) is 5.91 Å². The quantitative estimate of drug-likeness (QED) is 0.879. The molecule has 0 heterocycles. The Labute approximate surface area is 124 Å². The highest BCUT2D eigenvalue weighted by atomic mass is 35.5. The zero-order valence-electron chi connectivity index (χ0n) is 11.6. The summed E-state index contributed by atoms with van der Waals surface area (Å²) in [4.78, 5) is 14.1. The molecule has 0 saturated carbocycles. The number of nitrogen functional groups attached to an aromatic ring is 1. The van der Waals surface area contributed by atoms with Gasteiger partial charge in [-0.05, 0) is 36.2 Å². The second kappa shape index (κ2) is 5.97. The third-order valence-corrected chi connectivity index (χ3v) is 3.72. The predicted molar refractivity (Wildman–Crippen MR) is 82.8 cm³/mol. The Morgan fingerprint density at radius 1 is 1.20 bits per heavy atom. The molecule has 0 spiro atoms. The Kier molecular flexibility index (Phi) is 4.30. The summed E-state index contributed by atoms with van der Waals surface area (Å²) in [6.07, 6.45) is 0. The number of hydrogen-bond donors (Lipinski definition) is 1. The van der Waals surface area contributed by atoms with Crippen LogP contribution in [0.15, 0.2) is 42.5 Å². The summed E-state index contributed by atoms with van der Waals surface area (Å²) in [6, 6.07) is 12.9. The monoisotopic (exact) mass is 288 g/mol. The van der Waals surface area contributed by atoms with Gasteiger partial charge in [0.1, 0.15) is 0 Å². The van der Waals surface area contributed by atoms with E-state index in [9.17, 15) is 4.79 Å². The Balaban J connectivity index is 2.21. The molecule has 0 fully saturated rings. The maximum absolute atomic E-state index is 12.5. The number of halogens is 1. The van der Waals surface area contributed by atoms with Gasteiger partial charge in [0.15, 0.2) is 0 Å². The van der Waals surface area contributed by atoms with Crippen molar-refractivity contribution in [3.05, 3.63) is 64.2 Å². The van der Waals surface area contributed by atoms with E-state index in [2.05, 4.69) is 0 Å². The lowest BCUT2D eigenvalue weighted by atomic mass is 10.1. The zero-order valence-corrected chi connectivity index (χ0v) is 12.3. The van der Waals surface area contributed by atoms with Crippen LogP contribution < -0.4 is 5.73 Å². The number of nitrogens with two attached hydrogens (primary N) is 1. The number of anilines is 1. The standard InChI is InChI=1S/C16H17ClN2O/c1-11-13(7-5-8-14(11)17)16(20)19(2)10-12-6-3-4-9-15(12)18/h3-9H,10,18H2,1-2H3. The molecule has 104 valence electrons. The van der Waals surface area contributed by atoms with Gasteiger partial charge in [-0.25, -0.2) is 0 Å². The lowest BCUT2D eigenvalue weighted by molar-refractivity contribution is 0.0784. The van der Waals surface area contributed by atoms with Gasteiger partial charge >= 0.3 is 0 Å². The van der Waals surface area contributed by atoms with E-state index >= 15 is 0 Å². The second-order valence-electron chi connectivity index (χ2n) is 4.77. The number of rotatable bonds is 3. The Morgan fingerprint density at radius 3 is 2.60 bits per heavy atom. The first-order chi connectivity index (χ1) is 9.50. The molecule has 4 heteroatoms. The zero-order chi connectivity index (χ0) is 14.7. The number of amides is 1. The van der Waals surface area contributed by atoms with Gasteiger partial charge in [-0.15, -0.1) is 0 Å².